The maximum atomic E-state index is 12.0. The van der Waals surface area contributed by atoms with Crippen molar-refractivity contribution < 1.29 is 9.53 Å². The number of benzene rings is 1. The molecule has 0 aliphatic carbocycles. The summed E-state index contributed by atoms with van der Waals surface area (Å²) in [4.78, 5) is 12.0. The van der Waals surface area contributed by atoms with Crippen LogP contribution in [0.15, 0.2) is 24.3 Å². The van der Waals surface area contributed by atoms with E-state index < -0.39 is 0 Å². The first kappa shape index (κ1) is 12.9. The lowest BCUT2D eigenvalue weighted by Crippen LogP contribution is -2.33. The molecule has 0 aromatic heterocycles. The molecule has 18 heavy (non-hydrogen) atoms. The SMILES string of the molecule is COc1ccccc1C(C)NC(=O)C1CCNC1. The minimum Gasteiger partial charge on any atom is -0.496 e. The summed E-state index contributed by atoms with van der Waals surface area (Å²) in [5.74, 6) is 1.04. The molecule has 1 amide bonds. The molecule has 0 spiro atoms. The lowest BCUT2D eigenvalue weighted by atomic mass is 10.0. The van der Waals surface area contributed by atoms with Crippen LogP contribution >= 0.6 is 0 Å². The van der Waals surface area contributed by atoms with E-state index in [-0.39, 0.29) is 17.9 Å². The molecule has 4 heteroatoms. The van der Waals surface area contributed by atoms with Gasteiger partial charge in [-0.15, -0.1) is 0 Å². The van der Waals surface area contributed by atoms with Crippen LogP contribution in [-0.4, -0.2) is 26.1 Å². The smallest absolute Gasteiger partial charge is 0.224 e. The molecule has 1 heterocycles. The fraction of sp³-hybridized carbons (Fsp3) is 0.500. The number of carbonyl (C=O) groups excluding carboxylic acids is 1. The van der Waals surface area contributed by atoms with Crippen LogP contribution < -0.4 is 15.4 Å². The van der Waals surface area contributed by atoms with Gasteiger partial charge in [-0.05, 0) is 26.0 Å². The van der Waals surface area contributed by atoms with E-state index in [2.05, 4.69) is 10.6 Å². The van der Waals surface area contributed by atoms with Crippen LogP contribution in [0.5, 0.6) is 5.75 Å². The van der Waals surface area contributed by atoms with E-state index in [9.17, 15) is 4.79 Å². The molecule has 1 aliphatic rings. The molecule has 0 bridgehead atoms. The number of nitrogens with one attached hydrogen (secondary N) is 2. The van der Waals surface area contributed by atoms with Crippen LogP contribution in [0.4, 0.5) is 0 Å². The van der Waals surface area contributed by atoms with Crippen molar-refractivity contribution in [3.8, 4) is 5.75 Å². The number of ether oxygens (including phenoxy) is 1. The number of para-hydroxylation sites is 1. The quantitative estimate of drug-likeness (QED) is 0.848. The Morgan fingerprint density at radius 2 is 2.28 bits per heavy atom. The molecular weight excluding hydrogens is 228 g/mol. The molecule has 2 rings (SSSR count). The summed E-state index contributed by atoms with van der Waals surface area (Å²) >= 11 is 0. The minimum atomic E-state index is -0.0331. The first-order valence-corrected chi connectivity index (χ1v) is 6.36. The summed E-state index contributed by atoms with van der Waals surface area (Å²) in [6.07, 6.45) is 0.921. The van der Waals surface area contributed by atoms with Crippen molar-refractivity contribution in [1.82, 2.24) is 10.6 Å². The van der Waals surface area contributed by atoms with Crippen molar-refractivity contribution in [2.24, 2.45) is 5.92 Å². The van der Waals surface area contributed by atoms with E-state index in [4.69, 9.17) is 4.74 Å². The van der Waals surface area contributed by atoms with Crippen molar-refractivity contribution in [2.75, 3.05) is 20.2 Å². The van der Waals surface area contributed by atoms with Gasteiger partial charge in [-0.25, -0.2) is 0 Å². The highest BCUT2D eigenvalue weighted by Crippen LogP contribution is 2.24. The number of rotatable bonds is 4. The van der Waals surface area contributed by atoms with Crippen molar-refractivity contribution in [1.29, 1.82) is 0 Å². The van der Waals surface area contributed by atoms with Gasteiger partial charge >= 0.3 is 0 Å². The van der Waals surface area contributed by atoms with Crippen LogP contribution in [0.3, 0.4) is 0 Å². The van der Waals surface area contributed by atoms with Crippen LogP contribution in [0.2, 0.25) is 0 Å². The Morgan fingerprint density at radius 1 is 1.50 bits per heavy atom. The Balaban J connectivity index is 2.02. The molecule has 1 aliphatic heterocycles. The van der Waals surface area contributed by atoms with Gasteiger partial charge in [0.1, 0.15) is 5.75 Å². The van der Waals surface area contributed by atoms with Gasteiger partial charge in [0.05, 0.1) is 19.1 Å². The number of carbonyl (C=O) groups is 1. The highest BCUT2D eigenvalue weighted by Gasteiger charge is 2.24. The number of hydrogen-bond acceptors (Lipinski definition) is 3. The Bertz CT molecular complexity index is 414. The first-order valence-electron chi connectivity index (χ1n) is 6.36. The monoisotopic (exact) mass is 248 g/mol. The van der Waals surface area contributed by atoms with E-state index in [1.54, 1.807) is 7.11 Å². The van der Waals surface area contributed by atoms with Gasteiger partial charge in [0, 0.05) is 12.1 Å². The lowest BCUT2D eigenvalue weighted by molar-refractivity contribution is -0.125. The molecule has 2 unspecified atom stereocenters. The van der Waals surface area contributed by atoms with Gasteiger partial charge in [-0.2, -0.15) is 0 Å². The fourth-order valence-electron chi connectivity index (χ4n) is 2.31. The molecule has 1 aromatic rings. The fourth-order valence-corrected chi connectivity index (χ4v) is 2.31. The number of amides is 1. The van der Waals surface area contributed by atoms with E-state index in [1.165, 1.54) is 0 Å². The molecule has 0 saturated carbocycles. The normalized spacial score (nSPS) is 20.4. The van der Waals surface area contributed by atoms with Gasteiger partial charge in [0.15, 0.2) is 0 Å². The Labute approximate surface area is 108 Å². The average Bonchev–Trinajstić information content (AvgIpc) is 2.92. The van der Waals surface area contributed by atoms with Crippen molar-refractivity contribution in [3.63, 3.8) is 0 Å². The number of methoxy groups -OCH3 is 1. The second-order valence-corrected chi connectivity index (χ2v) is 4.66. The zero-order valence-electron chi connectivity index (χ0n) is 10.9. The maximum absolute atomic E-state index is 12.0. The Morgan fingerprint density at radius 3 is 2.94 bits per heavy atom. The van der Waals surface area contributed by atoms with E-state index in [0.29, 0.717) is 0 Å². The molecule has 2 N–H and O–H groups in total. The third-order valence-corrected chi connectivity index (χ3v) is 3.40. The van der Waals surface area contributed by atoms with Crippen LogP contribution in [0.25, 0.3) is 0 Å². The third-order valence-electron chi connectivity index (χ3n) is 3.40. The van der Waals surface area contributed by atoms with Gasteiger partial charge in [-0.3, -0.25) is 4.79 Å². The average molecular weight is 248 g/mol. The maximum Gasteiger partial charge on any atom is 0.224 e. The highest BCUT2D eigenvalue weighted by atomic mass is 16.5. The Hall–Kier alpha value is -1.55. The van der Waals surface area contributed by atoms with Crippen molar-refractivity contribution >= 4 is 5.91 Å². The van der Waals surface area contributed by atoms with Gasteiger partial charge < -0.3 is 15.4 Å². The summed E-state index contributed by atoms with van der Waals surface area (Å²) in [6, 6.07) is 7.75. The largest absolute Gasteiger partial charge is 0.496 e. The van der Waals surface area contributed by atoms with E-state index >= 15 is 0 Å². The van der Waals surface area contributed by atoms with E-state index in [0.717, 1.165) is 30.8 Å². The molecule has 1 fully saturated rings. The summed E-state index contributed by atoms with van der Waals surface area (Å²) < 4.78 is 5.31. The highest BCUT2D eigenvalue weighted by molar-refractivity contribution is 5.79. The molecule has 1 aromatic carbocycles. The predicted molar refractivity (Wildman–Crippen MR) is 70.5 cm³/mol. The number of hydrogen-bond donors (Lipinski definition) is 2. The standard InChI is InChI=1S/C14H20N2O2/c1-10(12-5-3-4-6-13(12)18-2)16-14(17)11-7-8-15-9-11/h3-6,10-11,15H,7-9H2,1-2H3,(H,16,17). The second kappa shape index (κ2) is 5.87. The summed E-state index contributed by atoms with van der Waals surface area (Å²) in [5.41, 5.74) is 1.01. The van der Waals surface area contributed by atoms with E-state index in [1.807, 2.05) is 31.2 Å². The van der Waals surface area contributed by atoms with Crippen molar-refractivity contribution in [3.05, 3.63) is 29.8 Å². The molecule has 0 radical (unpaired) electrons. The van der Waals surface area contributed by atoms with Crippen molar-refractivity contribution in [2.45, 2.75) is 19.4 Å². The molecule has 98 valence electrons. The van der Waals surface area contributed by atoms with Crippen LogP contribution in [0, 0.1) is 5.92 Å². The first-order chi connectivity index (χ1) is 8.72. The third kappa shape index (κ3) is 2.82. The molecule has 4 nitrogen and oxygen atoms in total. The predicted octanol–water partition coefficient (Wildman–Crippen LogP) is 1.48. The molecule has 2 atom stereocenters. The zero-order valence-corrected chi connectivity index (χ0v) is 10.9. The van der Waals surface area contributed by atoms with Crippen LogP contribution in [-0.2, 0) is 4.79 Å². The zero-order chi connectivity index (χ0) is 13.0. The summed E-state index contributed by atoms with van der Waals surface area (Å²) in [6.45, 7) is 3.70. The lowest BCUT2D eigenvalue weighted by Gasteiger charge is -2.19. The van der Waals surface area contributed by atoms with Gasteiger partial charge in [0.25, 0.3) is 0 Å². The summed E-state index contributed by atoms with van der Waals surface area (Å²) in [7, 11) is 1.65. The van der Waals surface area contributed by atoms with Gasteiger partial charge in [0.2, 0.25) is 5.91 Å². The second-order valence-electron chi connectivity index (χ2n) is 4.66. The van der Waals surface area contributed by atoms with Gasteiger partial charge in [-0.1, -0.05) is 18.2 Å². The minimum absolute atomic E-state index is 0.0331. The molecular formula is C14H20N2O2. The topological polar surface area (TPSA) is 50.4 Å². The summed E-state index contributed by atoms with van der Waals surface area (Å²) in [5, 5.41) is 6.26. The molecule has 1 saturated heterocycles. The Kier molecular flexibility index (Phi) is 4.20. The van der Waals surface area contributed by atoms with Crippen LogP contribution in [0.1, 0.15) is 24.9 Å².